The molecule has 0 aromatic heterocycles. The van der Waals surface area contributed by atoms with Crippen molar-refractivity contribution in [3.63, 3.8) is 0 Å². The first-order chi connectivity index (χ1) is 26.5. The molecule has 276 valence electrons. The lowest BCUT2D eigenvalue weighted by atomic mass is 9.78. The van der Waals surface area contributed by atoms with Crippen molar-refractivity contribution in [1.29, 1.82) is 0 Å². The van der Waals surface area contributed by atoms with Crippen molar-refractivity contribution in [2.45, 2.75) is 62.7 Å². The zero-order valence-electron chi connectivity index (χ0n) is 32.3. The predicted molar refractivity (Wildman–Crippen MR) is 231 cm³/mol. The van der Waals surface area contributed by atoms with Crippen molar-refractivity contribution in [1.82, 2.24) is 0 Å². The van der Waals surface area contributed by atoms with E-state index in [0.29, 0.717) is 35.7 Å². The average molecular weight is 742 g/mol. The first-order valence-corrected chi connectivity index (χ1v) is 20.8. The Bertz CT molecular complexity index is 2670. The fourth-order valence-electron chi connectivity index (χ4n) is 9.36. The van der Waals surface area contributed by atoms with Gasteiger partial charge in [0.1, 0.15) is 0 Å². The molecule has 5 aromatic carbocycles. The second-order valence-electron chi connectivity index (χ2n) is 15.9. The van der Waals surface area contributed by atoms with Crippen molar-refractivity contribution in [2.24, 2.45) is 0 Å². The minimum Gasteiger partial charge on any atom is -0.340 e. The molecule has 0 saturated carbocycles. The average Bonchev–Trinajstić information content (AvgIpc) is 3.54. The molecular weight excluding hydrogens is 693 g/mol. The Labute approximate surface area is 326 Å². The molecule has 1 aliphatic carbocycles. The van der Waals surface area contributed by atoms with E-state index in [-0.39, 0.29) is 10.8 Å². The van der Waals surface area contributed by atoms with Crippen LogP contribution in [0.15, 0.2) is 179 Å². The summed E-state index contributed by atoms with van der Waals surface area (Å²) < 4.78 is 32.0. The van der Waals surface area contributed by atoms with Gasteiger partial charge in [0.2, 0.25) is 15.5 Å². The SMILES string of the molecule is C=CCN1/C(=C/C=C2\CCCC(/C=C/C3=[N+](CC=C)c4ccc5ccccc5c4C3(C)C)=C2S(=O)(=O)c2ccccc2)C(C)(C)c2c1ccc1ccccc21. The van der Waals surface area contributed by atoms with Crippen LogP contribution in [-0.4, -0.2) is 31.8 Å². The van der Waals surface area contributed by atoms with Gasteiger partial charge in [-0.15, -0.1) is 6.58 Å². The van der Waals surface area contributed by atoms with Crippen molar-refractivity contribution < 1.29 is 13.0 Å². The molecule has 0 atom stereocenters. The van der Waals surface area contributed by atoms with E-state index in [1.54, 1.807) is 24.3 Å². The molecule has 0 bridgehead atoms. The summed E-state index contributed by atoms with van der Waals surface area (Å²) in [6.45, 7) is 18.6. The number of hydrogen-bond donors (Lipinski definition) is 0. The Hall–Kier alpha value is -5.52. The lowest BCUT2D eigenvalue weighted by molar-refractivity contribution is -0.425. The number of nitrogens with zero attached hydrogens (tertiary/aromatic N) is 2. The summed E-state index contributed by atoms with van der Waals surface area (Å²) >= 11 is 0. The van der Waals surface area contributed by atoms with Gasteiger partial charge in [-0.2, -0.15) is 4.58 Å². The number of hydrogen-bond acceptors (Lipinski definition) is 3. The lowest BCUT2D eigenvalue weighted by Crippen LogP contribution is -2.28. The molecule has 0 spiro atoms. The molecule has 55 heavy (non-hydrogen) atoms. The second kappa shape index (κ2) is 14.0. The smallest absolute Gasteiger partial charge is 0.210 e. The van der Waals surface area contributed by atoms with Crippen LogP contribution in [0.4, 0.5) is 11.4 Å². The molecule has 0 fully saturated rings. The first-order valence-electron chi connectivity index (χ1n) is 19.3. The van der Waals surface area contributed by atoms with Crippen molar-refractivity contribution in [3.8, 4) is 0 Å². The van der Waals surface area contributed by atoms with Gasteiger partial charge in [0.25, 0.3) is 0 Å². The zero-order valence-corrected chi connectivity index (χ0v) is 33.2. The van der Waals surface area contributed by atoms with Crippen LogP contribution < -0.4 is 4.90 Å². The molecule has 5 heteroatoms. The molecule has 4 nitrogen and oxygen atoms in total. The van der Waals surface area contributed by atoms with Crippen LogP contribution in [0.1, 0.15) is 58.1 Å². The van der Waals surface area contributed by atoms with Gasteiger partial charge in [-0.3, -0.25) is 0 Å². The quantitative estimate of drug-likeness (QED) is 0.112. The van der Waals surface area contributed by atoms with Gasteiger partial charge in [-0.1, -0.05) is 111 Å². The highest BCUT2D eigenvalue weighted by atomic mass is 32.2. The van der Waals surface area contributed by atoms with Crippen LogP contribution in [0.25, 0.3) is 21.5 Å². The molecule has 3 aliphatic rings. The molecule has 2 aliphatic heterocycles. The summed E-state index contributed by atoms with van der Waals surface area (Å²) in [7, 11) is -3.86. The molecule has 5 aromatic rings. The van der Waals surface area contributed by atoms with Crippen LogP contribution in [-0.2, 0) is 20.7 Å². The monoisotopic (exact) mass is 741 g/mol. The highest BCUT2D eigenvalue weighted by Crippen LogP contribution is 2.51. The number of fused-ring (bicyclic) bond motifs is 6. The number of allylic oxidation sites excluding steroid dienone is 7. The summed E-state index contributed by atoms with van der Waals surface area (Å²) in [4.78, 5) is 3.06. The van der Waals surface area contributed by atoms with E-state index in [0.717, 1.165) is 29.0 Å². The van der Waals surface area contributed by atoms with Crippen molar-refractivity contribution in [3.05, 3.63) is 186 Å². The van der Waals surface area contributed by atoms with Crippen LogP contribution in [0.2, 0.25) is 0 Å². The third-order valence-electron chi connectivity index (χ3n) is 11.8. The largest absolute Gasteiger partial charge is 0.340 e. The van der Waals surface area contributed by atoms with E-state index in [2.05, 4.69) is 147 Å². The van der Waals surface area contributed by atoms with Gasteiger partial charge in [-0.25, -0.2) is 8.42 Å². The van der Waals surface area contributed by atoms with Gasteiger partial charge in [-0.05, 0) is 108 Å². The van der Waals surface area contributed by atoms with E-state index in [1.165, 1.54) is 44.0 Å². The number of benzene rings is 5. The number of anilines is 1. The van der Waals surface area contributed by atoms with Crippen LogP contribution >= 0.6 is 0 Å². The zero-order chi connectivity index (χ0) is 38.5. The van der Waals surface area contributed by atoms with Crippen LogP contribution in [0.5, 0.6) is 0 Å². The lowest BCUT2D eigenvalue weighted by Gasteiger charge is -2.27. The normalized spacial score (nSPS) is 19.2. The molecule has 2 heterocycles. The number of sulfone groups is 1. The number of rotatable bonds is 9. The summed E-state index contributed by atoms with van der Waals surface area (Å²) in [6, 6.07) is 34.8. The Morgan fingerprint density at radius 2 is 1.36 bits per heavy atom. The molecular formula is C50H49N2O2S+. The fraction of sp³-hybridized carbons (Fsp3) is 0.220. The van der Waals surface area contributed by atoms with E-state index in [9.17, 15) is 8.42 Å². The topological polar surface area (TPSA) is 40.4 Å². The Balaban J connectivity index is 1.29. The first kappa shape index (κ1) is 36.5. The van der Waals surface area contributed by atoms with Gasteiger partial charge in [0.05, 0.1) is 15.2 Å². The fourth-order valence-corrected chi connectivity index (χ4v) is 11.1. The summed E-state index contributed by atoms with van der Waals surface area (Å²) in [6.07, 6.45) is 14.6. The summed E-state index contributed by atoms with van der Waals surface area (Å²) in [5.74, 6) is 0. The minimum atomic E-state index is -3.86. The highest BCUT2D eigenvalue weighted by molar-refractivity contribution is 7.95. The predicted octanol–water partition coefficient (Wildman–Crippen LogP) is 11.8. The Morgan fingerprint density at radius 1 is 0.709 bits per heavy atom. The molecule has 8 rings (SSSR count). The maximum absolute atomic E-state index is 14.8. The third kappa shape index (κ3) is 5.97. The van der Waals surface area contributed by atoms with Gasteiger partial charge in [0.15, 0.2) is 12.3 Å². The molecule has 0 N–H and O–H groups in total. The van der Waals surface area contributed by atoms with Crippen molar-refractivity contribution in [2.75, 3.05) is 18.0 Å². The van der Waals surface area contributed by atoms with Gasteiger partial charge < -0.3 is 4.90 Å². The highest BCUT2D eigenvalue weighted by Gasteiger charge is 2.45. The Morgan fingerprint density at radius 3 is 2.05 bits per heavy atom. The maximum atomic E-state index is 14.8. The van der Waals surface area contributed by atoms with Gasteiger partial charge >= 0.3 is 0 Å². The molecule has 0 unspecified atom stereocenters. The second-order valence-corrected chi connectivity index (χ2v) is 17.8. The molecule has 0 amide bonds. The van der Waals surface area contributed by atoms with Gasteiger partial charge in [0, 0.05) is 41.1 Å². The van der Waals surface area contributed by atoms with Crippen LogP contribution in [0.3, 0.4) is 0 Å². The van der Waals surface area contributed by atoms with Crippen molar-refractivity contribution >= 4 is 48.5 Å². The third-order valence-corrected chi connectivity index (χ3v) is 13.8. The maximum Gasteiger partial charge on any atom is 0.210 e. The Kier molecular flexibility index (Phi) is 9.25. The van der Waals surface area contributed by atoms with E-state index < -0.39 is 9.84 Å². The van der Waals surface area contributed by atoms with Crippen LogP contribution in [0, 0.1) is 0 Å². The van der Waals surface area contributed by atoms with E-state index in [1.807, 2.05) is 18.2 Å². The van der Waals surface area contributed by atoms with E-state index >= 15 is 0 Å². The minimum absolute atomic E-state index is 0.311. The summed E-state index contributed by atoms with van der Waals surface area (Å²) in [5, 5.41) is 4.89. The van der Waals surface area contributed by atoms with E-state index in [4.69, 9.17) is 0 Å². The molecule has 0 radical (unpaired) electrons. The summed E-state index contributed by atoms with van der Waals surface area (Å²) in [5.41, 5.74) is 8.18. The standard InChI is InChI=1S/C50H49N2O2S/c1-7-33-51-42-29-25-35-17-12-14-23-40(35)46(42)49(3,4)44(51)31-27-37-19-16-20-38(48(37)55(53,54)39-21-10-9-11-22-39)28-32-45-50(5,6)47-41-24-15-13-18-36(41)26-30-43(47)52(45)34-8-2/h7-15,17-18,21-32H,1-2,16,19-20,33-34H2,3-6H3/q+1. The molecule has 0 saturated heterocycles.